The highest BCUT2D eigenvalue weighted by Gasteiger charge is 2.11. The number of rotatable bonds is 2. The van der Waals surface area contributed by atoms with E-state index in [0.717, 1.165) is 16.9 Å². The van der Waals surface area contributed by atoms with E-state index in [1.165, 1.54) is 0 Å². The highest BCUT2D eigenvalue weighted by Crippen LogP contribution is 2.28. The average molecular weight is 189 g/mol. The van der Waals surface area contributed by atoms with E-state index in [0.29, 0.717) is 6.61 Å². The second kappa shape index (κ2) is 3.54. The number of hydrogen-bond donors (Lipinski definition) is 1. The van der Waals surface area contributed by atoms with Crippen molar-refractivity contribution in [3.63, 3.8) is 0 Å². The number of ether oxygens (including phenoxy) is 1. The number of fused-ring (bicyclic) bond motifs is 1. The first-order valence-electron chi connectivity index (χ1n) is 4.47. The summed E-state index contributed by atoms with van der Waals surface area (Å²) in [7, 11) is 0. The Bertz CT molecular complexity index is 396. The quantitative estimate of drug-likeness (QED) is 0.757. The molecule has 3 heteroatoms. The van der Waals surface area contributed by atoms with Crippen molar-refractivity contribution in [3.05, 3.63) is 35.4 Å². The van der Waals surface area contributed by atoms with Gasteiger partial charge in [0, 0.05) is 11.1 Å². The molecule has 0 aliphatic carbocycles. The summed E-state index contributed by atoms with van der Waals surface area (Å²) in [5.74, 6) is 0.449. The minimum Gasteiger partial charge on any atom is -0.489 e. The van der Waals surface area contributed by atoms with Gasteiger partial charge in [0.2, 0.25) is 5.91 Å². The van der Waals surface area contributed by atoms with Crippen LogP contribution in [0.15, 0.2) is 24.3 Å². The highest BCUT2D eigenvalue weighted by atomic mass is 16.5. The van der Waals surface area contributed by atoms with Gasteiger partial charge in [0.1, 0.15) is 12.4 Å². The molecule has 0 spiro atoms. The second-order valence-corrected chi connectivity index (χ2v) is 3.19. The van der Waals surface area contributed by atoms with Crippen molar-refractivity contribution in [3.8, 4) is 5.75 Å². The van der Waals surface area contributed by atoms with Gasteiger partial charge in [-0.2, -0.15) is 0 Å². The van der Waals surface area contributed by atoms with Gasteiger partial charge in [-0.25, -0.2) is 0 Å². The summed E-state index contributed by atoms with van der Waals surface area (Å²) < 4.78 is 5.46. The Labute approximate surface area is 82.2 Å². The molecule has 0 atom stereocenters. The molecule has 0 radical (unpaired) electrons. The van der Waals surface area contributed by atoms with Crippen LogP contribution < -0.4 is 10.5 Å². The van der Waals surface area contributed by atoms with Crippen LogP contribution in [-0.2, 0) is 11.2 Å². The summed E-state index contributed by atoms with van der Waals surface area (Å²) in [4.78, 5) is 10.8. The fourth-order valence-corrected chi connectivity index (χ4v) is 1.55. The molecule has 72 valence electrons. The van der Waals surface area contributed by atoms with Gasteiger partial charge in [-0.1, -0.05) is 24.3 Å². The van der Waals surface area contributed by atoms with Crippen molar-refractivity contribution in [1.82, 2.24) is 0 Å². The van der Waals surface area contributed by atoms with Gasteiger partial charge in [0.05, 0.1) is 6.42 Å². The Balaban J connectivity index is 2.41. The molecular formula is C11H11NO2. The zero-order chi connectivity index (χ0) is 9.97. The fourth-order valence-electron chi connectivity index (χ4n) is 1.55. The van der Waals surface area contributed by atoms with E-state index in [-0.39, 0.29) is 12.3 Å². The maximum Gasteiger partial charge on any atom is 0.221 e. The molecule has 0 unspecified atom stereocenters. The third kappa shape index (κ3) is 1.62. The van der Waals surface area contributed by atoms with E-state index in [9.17, 15) is 4.79 Å². The lowest BCUT2D eigenvalue weighted by Gasteiger charge is -2.15. The summed E-state index contributed by atoms with van der Waals surface area (Å²) in [6, 6.07) is 5.72. The van der Waals surface area contributed by atoms with Crippen molar-refractivity contribution in [1.29, 1.82) is 0 Å². The van der Waals surface area contributed by atoms with Gasteiger partial charge in [0.15, 0.2) is 0 Å². The van der Waals surface area contributed by atoms with Crippen LogP contribution in [0, 0.1) is 0 Å². The zero-order valence-corrected chi connectivity index (χ0v) is 7.69. The van der Waals surface area contributed by atoms with Crippen LogP contribution in [0.25, 0.3) is 6.08 Å². The molecule has 0 saturated heterocycles. The molecule has 1 aliphatic rings. The molecule has 1 aliphatic heterocycles. The average Bonchev–Trinajstić information content (AvgIpc) is 2.18. The summed E-state index contributed by atoms with van der Waals surface area (Å²) in [5, 5.41) is 0. The highest BCUT2D eigenvalue weighted by molar-refractivity contribution is 5.78. The first kappa shape index (κ1) is 8.81. The fraction of sp³-hybridized carbons (Fsp3) is 0.182. The third-order valence-corrected chi connectivity index (χ3v) is 2.11. The maximum atomic E-state index is 10.8. The molecule has 1 heterocycles. The van der Waals surface area contributed by atoms with Crippen LogP contribution >= 0.6 is 0 Å². The lowest BCUT2D eigenvalue weighted by Crippen LogP contribution is -2.15. The number of carbonyl (C=O) groups excluding carboxylic acids is 1. The van der Waals surface area contributed by atoms with Crippen molar-refractivity contribution in [2.24, 2.45) is 5.73 Å². The zero-order valence-electron chi connectivity index (χ0n) is 7.69. The molecule has 2 rings (SSSR count). The van der Waals surface area contributed by atoms with Crippen molar-refractivity contribution >= 4 is 12.0 Å². The minimum atomic E-state index is -0.337. The largest absolute Gasteiger partial charge is 0.489 e. The third-order valence-electron chi connectivity index (χ3n) is 2.11. The minimum absolute atomic E-state index is 0.233. The first-order chi connectivity index (χ1) is 6.77. The SMILES string of the molecule is NC(=O)Cc1cccc2c1OCC=C2. The number of carbonyl (C=O) groups is 1. The topological polar surface area (TPSA) is 52.3 Å². The van der Waals surface area contributed by atoms with E-state index in [2.05, 4.69) is 0 Å². The van der Waals surface area contributed by atoms with Gasteiger partial charge in [0.25, 0.3) is 0 Å². The Morgan fingerprint density at radius 1 is 1.50 bits per heavy atom. The van der Waals surface area contributed by atoms with E-state index in [4.69, 9.17) is 10.5 Å². The van der Waals surface area contributed by atoms with Crippen LogP contribution in [0.1, 0.15) is 11.1 Å². The molecule has 1 aromatic carbocycles. The molecule has 2 N–H and O–H groups in total. The van der Waals surface area contributed by atoms with E-state index in [1.807, 2.05) is 30.4 Å². The second-order valence-electron chi connectivity index (χ2n) is 3.19. The number of nitrogens with two attached hydrogens (primary N) is 1. The van der Waals surface area contributed by atoms with Gasteiger partial charge < -0.3 is 10.5 Å². The van der Waals surface area contributed by atoms with Crippen LogP contribution in [0.4, 0.5) is 0 Å². The molecule has 0 aromatic heterocycles. The Morgan fingerprint density at radius 3 is 3.14 bits per heavy atom. The summed E-state index contributed by atoms with van der Waals surface area (Å²) in [6.07, 6.45) is 4.16. The predicted octanol–water partition coefficient (Wildman–Crippen LogP) is 1.12. The number of amides is 1. The molecule has 0 fully saturated rings. The lowest BCUT2D eigenvalue weighted by molar-refractivity contribution is -0.117. The van der Waals surface area contributed by atoms with Crippen LogP contribution in [-0.4, -0.2) is 12.5 Å². The molecular weight excluding hydrogens is 178 g/mol. The van der Waals surface area contributed by atoms with Crippen LogP contribution in [0.3, 0.4) is 0 Å². The van der Waals surface area contributed by atoms with E-state index < -0.39 is 0 Å². The Kier molecular flexibility index (Phi) is 2.23. The van der Waals surface area contributed by atoms with Crippen LogP contribution in [0.5, 0.6) is 5.75 Å². The standard InChI is InChI=1S/C11H11NO2/c12-10(13)7-9-4-1-3-8-5-2-6-14-11(8)9/h1-5H,6-7H2,(H2,12,13). The van der Waals surface area contributed by atoms with Crippen molar-refractivity contribution < 1.29 is 9.53 Å². The summed E-state index contributed by atoms with van der Waals surface area (Å²) in [5.41, 5.74) is 7.01. The normalized spacial score (nSPS) is 13.1. The summed E-state index contributed by atoms with van der Waals surface area (Å²) in [6.45, 7) is 0.558. The number of para-hydroxylation sites is 1. The number of hydrogen-bond acceptors (Lipinski definition) is 2. The Hall–Kier alpha value is -1.77. The smallest absolute Gasteiger partial charge is 0.221 e. The van der Waals surface area contributed by atoms with Gasteiger partial charge in [-0.15, -0.1) is 0 Å². The number of benzene rings is 1. The molecule has 3 nitrogen and oxygen atoms in total. The first-order valence-corrected chi connectivity index (χ1v) is 4.47. The van der Waals surface area contributed by atoms with Crippen molar-refractivity contribution in [2.75, 3.05) is 6.61 Å². The molecule has 14 heavy (non-hydrogen) atoms. The monoisotopic (exact) mass is 189 g/mol. The van der Waals surface area contributed by atoms with Gasteiger partial charge >= 0.3 is 0 Å². The van der Waals surface area contributed by atoms with E-state index in [1.54, 1.807) is 0 Å². The van der Waals surface area contributed by atoms with Gasteiger partial charge in [-0.3, -0.25) is 4.79 Å². The lowest BCUT2D eigenvalue weighted by atomic mass is 10.0. The molecule has 0 bridgehead atoms. The predicted molar refractivity (Wildman–Crippen MR) is 53.9 cm³/mol. The number of primary amides is 1. The molecule has 0 saturated carbocycles. The maximum absolute atomic E-state index is 10.8. The van der Waals surface area contributed by atoms with Crippen LogP contribution in [0.2, 0.25) is 0 Å². The Morgan fingerprint density at radius 2 is 2.36 bits per heavy atom. The van der Waals surface area contributed by atoms with E-state index >= 15 is 0 Å². The summed E-state index contributed by atoms with van der Waals surface area (Å²) >= 11 is 0. The molecule has 1 aromatic rings. The van der Waals surface area contributed by atoms with Crippen molar-refractivity contribution in [2.45, 2.75) is 6.42 Å². The molecule has 1 amide bonds. The van der Waals surface area contributed by atoms with Gasteiger partial charge in [-0.05, 0) is 6.08 Å².